The molecule has 4 heteroatoms. The highest BCUT2D eigenvalue weighted by Crippen LogP contribution is 2.06. The summed E-state index contributed by atoms with van der Waals surface area (Å²) in [5.74, 6) is 0.0821. The number of aryl methyl sites for hydroxylation is 1. The molecule has 0 radical (unpaired) electrons. The molecule has 0 amide bonds. The van der Waals surface area contributed by atoms with E-state index in [0.29, 0.717) is 12.1 Å². The molecule has 0 bridgehead atoms. The first-order valence-electron chi connectivity index (χ1n) is 4.76. The molecule has 0 fully saturated rings. The standard InChI is InChI=1S/C10H16N2O2/c1-4-12-9(5-6-11-12)10(13)7-8(2)14-3/h5-6,8H,4,7H2,1-3H3. The van der Waals surface area contributed by atoms with Gasteiger partial charge in [0.2, 0.25) is 0 Å². The van der Waals surface area contributed by atoms with E-state index in [1.54, 1.807) is 24.1 Å². The number of ketones is 1. The number of methoxy groups -OCH3 is 1. The van der Waals surface area contributed by atoms with Gasteiger partial charge >= 0.3 is 0 Å². The minimum Gasteiger partial charge on any atom is -0.381 e. The van der Waals surface area contributed by atoms with Crippen molar-refractivity contribution in [2.45, 2.75) is 32.9 Å². The Balaban J connectivity index is 2.69. The highest BCUT2D eigenvalue weighted by Gasteiger charge is 2.14. The van der Waals surface area contributed by atoms with E-state index in [1.165, 1.54) is 0 Å². The second-order valence-electron chi connectivity index (χ2n) is 3.21. The third-order valence-corrected chi connectivity index (χ3v) is 2.18. The van der Waals surface area contributed by atoms with Crippen molar-refractivity contribution < 1.29 is 9.53 Å². The van der Waals surface area contributed by atoms with Crippen LogP contribution in [0.5, 0.6) is 0 Å². The van der Waals surface area contributed by atoms with Crippen molar-refractivity contribution in [1.29, 1.82) is 0 Å². The van der Waals surface area contributed by atoms with Gasteiger partial charge in [-0.1, -0.05) is 0 Å². The molecule has 78 valence electrons. The lowest BCUT2D eigenvalue weighted by Gasteiger charge is -2.08. The first-order valence-corrected chi connectivity index (χ1v) is 4.76. The van der Waals surface area contributed by atoms with Crippen LogP contribution in [-0.2, 0) is 11.3 Å². The van der Waals surface area contributed by atoms with Crippen molar-refractivity contribution in [2.75, 3.05) is 7.11 Å². The third-order valence-electron chi connectivity index (χ3n) is 2.18. The van der Waals surface area contributed by atoms with Crippen LogP contribution in [0, 0.1) is 0 Å². The van der Waals surface area contributed by atoms with Gasteiger partial charge in [0.1, 0.15) is 5.69 Å². The Bertz CT molecular complexity index is 307. The Morgan fingerprint density at radius 2 is 2.43 bits per heavy atom. The number of carbonyl (C=O) groups excluding carboxylic acids is 1. The molecule has 0 aliphatic carbocycles. The quantitative estimate of drug-likeness (QED) is 0.670. The van der Waals surface area contributed by atoms with Gasteiger partial charge in [0.15, 0.2) is 5.78 Å². The summed E-state index contributed by atoms with van der Waals surface area (Å²) in [5.41, 5.74) is 0.663. The smallest absolute Gasteiger partial charge is 0.183 e. The van der Waals surface area contributed by atoms with Crippen LogP contribution in [0.1, 0.15) is 30.8 Å². The highest BCUT2D eigenvalue weighted by atomic mass is 16.5. The first-order chi connectivity index (χ1) is 6.69. The number of hydrogen-bond donors (Lipinski definition) is 0. The molecule has 0 saturated heterocycles. The Morgan fingerprint density at radius 3 is 3.00 bits per heavy atom. The third kappa shape index (κ3) is 2.42. The molecule has 0 N–H and O–H groups in total. The molecule has 14 heavy (non-hydrogen) atoms. The molecular weight excluding hydrogens is 180 g/mol. The zero-order valence-corrected chi connectivity index (χ0v) is 8.86. The van der Waals surface area contributed by atoms with E-state index < -0.39 is 0 Å². The molecule has 1 atom stereocenters. The highest BCUT2D eigenvalue weighted by molar-refractivity contribution is 5.94. The fraction of sp³-hybridized carbons (Fsp3) is 0.600. The number of hydrogen-bond acceptors (Lipinski definition) is 3. The van der Waals surface area contributed by atoms with Gasteiger partial charge in [-0.15, -0.1) is 0 Å². The van der Waals surface area contributed by atoms with Crippen LogP contribution in [-0.4, -0.2) is 28.8 Å². The maximum atomic E-state index is 11.7. The van der Waals surface area contributed by atoms with Gasteiger partial charge in [-0.05, 0) is 19.9 Å². The summed E-state index contributed by atoms with van der Waals surface area (Å²) in [6.45, 7) is 4.56. The minimum atomic E-state index is -0.0392. The second-order valence-corrected chi connectivity index (χ2v) is 3.21. The molecule has 4 nitrogen and oxygen atoms in total. The second kappa shape index (κ2) is 4.91. The maximum absolute atomic E-state index is 11.7. The van der Waals surface area contributed by atoms with Crippen molar-refractivity contribution in [3.63, 3.8) is 0 Å². The summed E-state index contributed by atoms with van der Waals surface area (Å²) in [5, 5.41) is 4.04. The van der Waals surface area contributed by atoms with E-state index in [9.17, 15) is 4.79 Å². The Labute approximate surface area is 83.9 Å². The number of carbonyl (C=O) groups is 1. The van der Waals surface area contributed by atoms with Gasteiger partial charge < -0.3 is 4.74 Å². The van der Waals surface area contributed by atoms with Gasteiger partial charge in [0.05, 0.1) is 6.10 Å². The van der Waals surface area contributed by atoms with Gasteiger partial charge in [0.25, 0.3) is 0 Å². The fourth-order valence-electron chi connectivity index (χ4n) is 1.27. The number of aromatic nitrogens is 2. The summed E-state index contributed by atoms with van der Waals surface area (Å²) in [7, 11) is 1.61. The Morgan fingerprint density at radius 1 is 1.71 bits per heavy atom. The monoisotopic (exact) mass is 196 g/mol. The molecule has 1 heterocycles. The van der Waals surface area contributed by atoms with Crippen LogP contribution in [0.15, 0.2) is 12.3 Å². The normalized spacial score (nSPS) is 12.8. The Hall–Kier alpha value is -1.16. The number of nitrogens with zero attached hydrogens (tertiary/aromatic N) is 2. The van der Waals surface area contributed by atoms with Crippen LogP contribution < -0.4 is 0 Å². The number of Topliss-reactive ketones (excluding diaryl/α,β-unsaturated/α-hetero) is 1. The summed E-state index contributed by atoms with van der Waals surface area (Å²) >= 11 is 0. The lowest BCUT2D eigenvalue weighted by Crippen LogP contribution is -2.16. The average Bonchev–Trinajstić information content (AvgIpc) is 2.65. The van der Waals surface area contributed by atoms with E-state index in [4.69, 9.17) is 4.74 Å². The largest absolute Gasteiger partial charge is 0.381 e. The molecule has 1 aromatic heterocycles. The van der Waals surface area contributed by atoms with Crippen LogP contribution in [0.4, 0.5) is 0 Å². The van der Waals surface area contributed by atoms with Crippen molar-refractivity contribution >= 4 is 5.78 Å². The van der Waals surface area contributed by atoms with Gasteiger partial charge in [0, 0.05) is 26.3 Å². The predicted molar refractivity (Wildman–Crippen MR) is 53.3 cm³/mol. The SMILES string of the molecule is CCn1nccc1C(=O)CC(C)OC. The molecule has 0 saturated carbocycles. The van der Waals surface area contributed by atoms with E-state index in [1.807, 2.05) is 13.8 Å². The van der Waals surface area contributed by atoms with Crippen molar-refractivity contribution in [3.05, 3.63) is 18.0 Å². The van der Waals surface area contributed by atoms with Crippen LogP contribution in [0.3, 0.4) is 0 Å². The number of rotatable bonds is 5. The molecule has 1 rings (SSSR count). The molecule has 0 aliphatic rings. The molecule has 0 aromatic carbocycles. The molecule has 1 unspecified atom stereocenters. The zero-order chi connectivity index (χ0) is 10.6. The molecule has 0 aliphatic heterocycles. The first kappa shape index (κ1) is 10.9. The van der Waals surface area contributed by atoms with Crippen molar-refractivity contribution in [2.24, 2.45) is 0 Å². The zero-order valence-electron chi connectivity index (χ0n) is 8.86. The topological polar surface area (TPSA) is 44.1 Å². The van der Waals surface area contributed by atoms with Crippen LogP contribution >= 0.6 is 0 Å². The number of ether oxygens (including phenoxy) is 1. The maximum Gasteiger partial charge on any atom is 0.183 e. The van der Waals surface area contributed by atoms with Gasteiger partial charge in [-0.25, -0.2) is 0 Å². The average molecular weight is 196 g/mol. The van der Waals surface area contributed by atoms with Crippen molar-refractivity contribution in [1.82, 2.24) is 9.78 Å². The van der Waals surface area contributed by atoms with Gasteiger partial charge in [-0.3, -0.25) is 9.48 Å². The lowest BCUT2D eigenvalue weighted by molar-refractivity contribution is 0.0783. The van der Waals surface area contributed by atoms with E-state index in [-0.39, 0.29) is 11.9 Å². The molecule has 1 aromatic rings. The van der Waals surface area contributed by atoms with E-state index in [2.05, 4.69) is 5.10 Å². The Kier molecular flexibility index (Phi) is 3.83. The summed E-state index contributed by atoms with van der Waals surface area (Å²) in [6.07, 6.45) is 2.01. The predicted octanol–water partition coefficient (Wildman–Crippen LogP) is 1.51. The van der Waals surface area contributed by atoms with Crippen LogP contribution in [0.25, 0.3) is 0 Å². The van der Waals surface area contributed by atoms with E-state index >= 15 is 0 Å². The van der Waals surface area contributed by atoms with Crippen LogP contribution in [0.2, 0.25) is 0 Å². The van der Waals surface area contributed by atoms with Crippen molar-refractivity contribution in [3.8, 4) is 0 Å². The summed E-state index contributed by atoms with van der Waals surface area (Å²) in [4.78, 5) is 11.7. The summed E-state index contributed by atoms with van der Waals surface area (Å²) < 4.78 is 6.74. The molecule has 0 spiro atoms. The van der Waals surface area contributed by atoms with Gasteiger partial charge in [-0.2, -0.15) is 5.10 Å². The lowest BCUT2D eigenvalue weighted by atomic mass is 10.1. The minimum absolute atomic E-state index is 0.0392. The summed E-state index contributed by atoms with van der Waals surface area (Å²) in [6, 6.07) is 1.74. The molecular formula is C10H16N2O2. The van der Waals surface area contributed by atoms with E-state index in [0.717, 1.165) is 6.54 Å². The fourth-order valence-corrected chi connectivity index (χ4v) is 1.27.